The minimum atomic E-state index is -0.196. The van der Waals surface area contributed by atoms with Gasteiger partial charge in [0.2, 0.25) is 0 Å². The molecule has 1 aromatic heterocycles. The maximum atomic E-state index is 11.6. The molecule has 1 heterocycles. The zero-order chi connectivity index (χ0) is 10.8. The number of carbonyl (C=O) groups excluding carboxylic acids is 1. The second-order valence-electron chi connectivity index (χ2n) is 3.68. The molecule has 1 N–H and O–H groups in total. The highest BCUT2D eigenvalue weighted by Crippen LogP contribution is 2.18. The van der Waals surface area contributed by atoms with Gasteiger partial charge in [-0.1, -0.05) is 18.2 Å². The number of Topliss-reactive ketones (excluding diaryl/α,β-unsaturated/α-hetero) is 1. The summed E-state index contributed by atoms with van der Waals surface area (Å²) in [6.07, 6.45) is 2.35. The van der Waals surface area contributed by atoms with Crippen molar-refractivity contribution in [2.75, 3.05) is 0 Å². The first-order valence-electron chi connectivity index (χ1n) is 4.94. The molecule has 2 aromatic rings. The summed E-state index contributed by atoms with van der Waals surface area (Å²) in [5, 5.41) is 0.929. The Kier molecular flexibility index (Phi) is 2.82. The Balaban J connectivity index is 2.33. The van der Waals surface area contributed by atoms with Crippen LogP contribution in [0.4, 0.5) is 0 Å². The van der Waals surface area contributed by atoms with E-state index in [2.05, 4.69) is 17.6 Å². The van der Waals surface area contributed by atoms with Crippen LogP contribution in [0.2, 0.25) is 0 Å². The molecule has 3 heteroatoms. The Morgan fingerprint density at radius 3 is 2.93 bits per heavy atom. The number of rotatable bonds is 3. The summed E-state index contributed by atoms with van der Waals surface area (Å²) < 4.78 is 0. The number of hydrogen-bond donors (Lipinski definition) is 2. The van der Waals surface area contributed by atoms with Crippen LogP contribution in [0.5, 0.6) is 0 Å². The SMILES string of the molecule is CC(S)C(=O)Cc1c[nH]c2ccccc12. The summed E-state index contributed by atoms with van der Waals surface area (Å²) in [4.78, 5) is 14.7. The van der Waals surface area contributed by atoms with E-state index >= 15 is 0 Å². The van der Waals surface area contributed by atoms with Crippen molar-refractivity contribution in [1.29, 1.82) is 0 Å². The van der Waals surface area contributed by atoms with Crippen LogP contribution >= 0.6 is 12.6 Å². The van der Waals surface area contributed by atoms with E-state index in [1.54, 1.807) is 6.92 Å². The van der Waals surface area contributed by atoms with Crippen molar-refractivity contribution in [3.8, 4) is 0 Å². The molecule has 1 atom stereocenters. The largest absolute Gasteiger partial charge is 0.361 e. The number of carbonyl (C=O) groups is 1. The van der Waals surface area contributed by atoms with Crippen LogP contribution in [0.1, 0.15) is 12.5 Å². The summed E-state index contributed by atoms with van der Waals surface area (Å²) in [6.45, 7) is 1.81. The first-order valence-corrected chi connectivity index (χ1v) is 5.46. The van der Waals surface area contributed by atoms with Crippen LogP contribution in [0.15, 0.2) is 30.5 Å². The van der Waals surface area contributed by atoms with Crippen LogP contribution in [0.25, 0.3) is 10.9 Å². The van der Waals surface area contributed by atoms with Gasteiger partial charge in [-0.3, -0.25) is 4.79 Å². The summed E-state index contributed by atoms with van der Waals surface area (Å²) in [5.41, 5.74) is 2.13. The lowest BCUT2D eigenvalue weighted by Crippen LogP contribution is -2.12. The minimum Gasteiger partial charge on any atom is -0.361 e. The third-order valence-electron chi connectivity index (χ3n) is 2.51. The second kappa shape index (κ2) is 4.11. The molecular formula is C12H13NOS. The summed E-state index contributed by atoms with van der Waals surface area (Å²) >= 11 is 4.14. The van der Waals surface area contributed by atoms with Gasteiger partial charge in [0.25, 0.3) is 0 Å². The maximum absolute atomic E-state index is 11.6. The number of ketones is 1. The standard InChI is InChI=1S/C12H13NOS/c1-8(15)12(14)6-9-7-13-11-5-3-2-4-10(9)11/h2-5,7-8,13,15H,6H2,1H3. The highest BCUT2D eigenvalue weighted by molar-refractivity contribution is 7.81. The first-order chi connectivity index (χ1) is 7.18. The van der Waals surface area contributed by atoms with Gasteiger partial charge in [-0.2, -0.15) is 12.6 Å². The van der Waals surface area contributed by atoms with Gasteiger partial charge in [0.1, 0.15) is 5.78 Å². The molecule has 0 radical (unpaired) electrons. The van der Waals surface area contributed by atoms with Gasteiger partial charge >= 0.3 is 0 Å². The third kappa shape index (κ3) is 2.07. The van der Waals surface area contributed by atoms with Gasteiger partial charge < -0.3 is 4.98 Å². The molecule has 0 aliphatic heterocycles. The molecule has 0 spiro atoms. The molecule has 2 nitrogen and oxygen atoms in total. The average molecular weight is 219 g/mol. The Labute approximate surface area is 94.1 Å². The van der Waals surface area contributed by atoms with E-state index in [4.69, 9.17) is 0 Å². The van der Waals surface area contributed by atoms with E-state index < -0.39 is 0 Å². The molecule has 2 rings (SSSR count). The predicted molar refractivity (Wildman–Crippen MR) is 65.5 cm³/mol. The molecule has 0 saturated heterocycles. The normalized spacial score (nSPS) is 12.9. The molecule has 78 valence electrons. The molecule has 0 aliphatic rings. The molecular weight excluding hydrogens is 206 g/mol. The smallest absolute Gasteiger partial charge is 0.149 e. The van der Waals surface area contributed by atoms with E-state index in [0.29, 0.717) is 6.42 Å². The Morgan fingerprint density at radius 2 is 2.20 bits per heavy atom. The summed E-state index contributed by atoms with van der Waals surface area (Å²) in [5.74, 6) is 0.156. The van der Waals surface area contributed by atoms with E-state index in [1.165, 1.54) is 0 Å². The average Bonchev–Trinajstić information content (AvgIpc) is 2.62. The van der Waals surface area contributed by atoms with Crippen LogP contribution in [0, 0.1) is 0 Å². The zero-order valence-electron chi connectivity index (χ0n) is 8.53. The molecule has 0 saturated carbocycles. The zero-order valence-corrected chi connectivity index (χ0v) is 9.42. The lowest BCUT2D eigenvalue weighted by Gasteiger charge is -2.01. The van der Waals surface area contributed by atoms with Crippen molar-refractivity contribution >= 4 is 29.3 Å². The summed E-state index contributed by atoms with van der Waals surface area (Å²) in [6, 6.07) is 7.99. The Hall–Kier alpha value is -1.22. The number of para-hydroxylation sites is 1. The highest BCUT2D eigenvalue weighted by Gasteiger charge is 2.11. The number of fused-ring (bicyclic) bond motifs is 1. The molecule has 0 fully saturated rings. The minimum absolute atomic E-state index is 0.156. The number of benzene rings is 1. The first kappa shape index (κ1) is 10.3. The highest BCUT2D eigenvalue weighted by atomic mass is 32.1. The third-order valence-corrected chi connectivity index (χ3v) is 2.79. The molecule has 15 heavy (non-hydrogen) atoms. The fraction of sp³-hybridized carbons (Fsp3) is 0.250. The Morgan fingerprint density at radius 1 is 1.47 bits per heavy atom. The van der Waals surface area contributed by atoms with Crippen LogP contribution in [-0.4, -0.2) is 16.0 Å². The van der Waals surface area contributed by atoms with Crippen molar-refractivity contribution in [1.82, 2.24) is 4.98 Å². The van der Waals surface area contributed by atoms with E-state index in [0.717, 1.165) is 16.5 Å². The van der Waals surface area contributed by atoms with Crippen molar-refractivity contribution in [3.63, 3.8) is 0 Å². The monoisotopic (exact) mass is 219 g/mol. The van der Waals surface area contributed by atoms with E-state index in [9.17, 15) is 4.79 Å². The van der Waals surface area contributed by atoms with Gasteiger partial charge in [0.05, 0.1) is 5.25 Å². The number of nitrogens with one attached hydrogen (secondary N) is 1. The number of thiol groups is 1. The van der Waals surface area contributed by atoms with Crippen molar-refractivity contribution in [2.45, 2.75) is 18.6 Å². The second-order valence-corrected chi connectivity index (χ2v) is 4.45. The molecule has 0 bridgehead atoms. The quantitative estimate of drug-likeness (QED) is 0.764. The lowest BCUT2D eigenvalue weighted by atomic mass is 10.1. The van der Waals surface area contributed by atoms with Crippen LogP contribution in [0.3, 0.4) is 0 Å². The number of H-pyrrole nitrogens is 1. The number of aromatic nitrogens is 1. The maximum Gasteiger partial charge on any atom is 0.149 e. The number of aromatic amines is 1. The van der Waals surface area contributed by atoms with Crippen molar-refractivity contribution < 1.29 is 4.79 Å². The van der Waals surface area contributed by atoms with Crippen molar-refractivity contribution in [3.05, 3.63) is 36.0 Å². The van der Waals surface area contributed by atoms with Crippen molar-refractivity contribution in [2.24, 2.45) is 0 Å². The van der Waals surface area contributed by atoms with Gasteiger partial charge in [-0.25, -0.2) is 0 Å². The summed E-state index contributed by atoms with van der Waals surface area (Å²) in [7, 11) is 0. The van der Waals surface area contributed by atoms with Gasteiger partial charge in [-0.15, -0.1) is 0 Å². The molecule has 1 aromatic carbocycles. The molecule has 1 unspecified atom stereocenters. The Bertz CT molecular complexity index is 487. The van der Waals surface area contributed by atoms with Crippen LogP contribution in [-0.2, 0) is 11.2 Å². The fourth-order valence-electron chi connectivity index (χ4n) is 1.61. The molecule has 0 amide bonds. The van der Waals surface area contributed by atoms with Crippen LogP contribution < -0.4 is 0 Å². The van der Waals surface area contributed by atoms with Gasteiger partial charge in [0, 0.05) is 23.5 Å². The molecule has 0 aliphatic carbocycles. The topological polar surface area (TPSA) is 32.9 Å². The van der Waals surface area contributed by atoms with Gasteiger partial charge in [0.15, 0.2) is 0 Å². The van der Waals surface area contributed by atoms with E-state index in [1.807, 2.05) is 30.5 Å². The van der Waals surface area contributed by atoms with Gasteiger partial charge in [-0.05, 0) is 18.6 Å². The number of hydrogen-bond acceptors (Lipinski definition) is 2. The predicted octanol–water partition coefficient (Wildman–Crippen LogP) is 2.60. The fourth-order valence-corrected chi connectivity index (χ4v) is 1.70. The van der Waals surface area contributed by atoms with E-state index in [-0.39, 0.29) is 11.0 Å². The lowest BCUT2D eigenvalue weighted by molar-refractivity contribution is -0.117.